The van der Waals surface area contributed by atoms with Crippen molar-refractivity contribution in [2.45, 2.75) is 38.0 Å². The van der Waals surface area contributed by atoms with Crippen LogP contribution in [-0.2, 0) is 10.2 Å². The molecule has 0 saturated carbocycles. The van der Waals surface area contributed by atoms with Gasteiger partial charge in [0.05, 0.1) is 6.54 Å². The number of nitrogens with zero attached hydrogens (tertiary/aromatic N) is 1. The van der Waals surface area contributed by atoms with Gasteiger partial charge in [-0.1, -0.05) is 28.1 Å². The van der Waals surface area contributed by atoms with Crippen molar-refractivity contribution < 1.29 is 4.74 Å². The Morgan fingerprint density at radius 3 is 2.58 bits per heavy atom. The van der Waals surface area contributed by atoms with Crippen LogP contribution in [0.25, 0.3) is 0 Å². The van der Waals surface area contributed by atoms with Gasteiger partial charge in [0.1, 0.15) is 0 Å². The standard InChI is InChI=1S/C20H32BrN3OS/c1-3-22-19(23-12-4-5-15-26-2)24-16-20(10-13-25-14-11-20)17-6-8-18(21)9-7-17/h6-9H,3-5,10-16H2,1-2H3,(H2,22,23,24). The molecule has 0 radical (unpaired) electrons. The Balaban J connectivity index is 2.04. The number of hydrogen-bond donors (Lipinski definition) is 2. The Morgan fingerprint density at radius 1 is 1.19 bits per heavy atom. The Bertz CT molecular complexity index is 544. The zero-order valence-electron chi connectivity index (χ0n) is 16.0. The van der Waals surface area contributed by atoms with Gasteiger partial charge in [-0.25, -0.2) is 0 Å². The predicted molar refractivity (Wildman–Crippen MR) is 117 cm³/mol. The van der Waals surface area contributed by atoms with Gasteiger partial charge in [-0.2, -0.15) is 11.8 Å². The summed E-state index contributed by atoms with van der Waals surface area (Å²) in [5, 5.41) is 6.87. The summed E-state index contributed by atoms with van der Waals surface area (Å²) < 4.78 is 6.75. The Kier molecular flexibility index (Phi) is 9.86. The topological polar surface area (TPSA) is 45.7 Å². The van der Waals surface area contributed by atoms with E-state index in [4.69, 9.17) is 9.73 Å². The molecule has 2 rings (SSSR count). The van der Waals surface area contributed by atoms with Crippen molar-refractivity contribution in [2.75, 3.05) is 44.9 Å². The van der Waals surface area contributed by atoms with Gasteiger partial charge in [0.25, 0.3) is 0 Å². The molecular weight excluding hydrogens is 410 g/mol. The number of hydrogen-bond acceptors (Lipinski definition) is 3. The van der Waals surface area contributed by atoms with E-state index in [0.29, 0.717) is 0 Å². The lowest BCUT2D eigenvalue weighted by Gasteiger charge is -2.36. The minimum atomic E-state index is 0.0696. The smallest absolute Gasteiger partial charge is 0.191 e. The van der Waals surface area contributed by atoms with Crippen LogP contribution in [0.4, 0.5) is 0 Å². The van der Waals surface area contributed by atoms with Crippen LogP contribution in [0.5, 0.6) is 0 Å². The Morgan fingerprint density at radius 2 is 1.92 bits per heavy atom. The van der Waals surface area contributed by atoms with E-state index in [1.54, 1.807) is 0 Å². The molecule has 0 aromatic heterocycles. The number of nitrogens with one attached hydrogen (secondary N) is 2. The summed E-state index contributed by atoms with van der Waals surface area (Å²) in [7, 11) is 0. The van der Waals surface area contributed by atoms with Crippen LogP contribution in [0, 0.1) is 0 Å². The molecule has 1 aliphatic heterocycles. The first-order chi connectivity index (χ1) is 12.7. The normalized spacial score (nSPS) is 17.1. The summed E-state index contributed by atoms with van der Waals surface area (Å²) in [6.45, 7) is 6.38. The van der Waals surface area contributed by atoms with E-state index in [1.807, 2.05) is 11.8 Å². The molecule has 146 valence electrons. The second kappa shape index (κ2) is 11.9. The quantitative estimate of drug-likeness (QED) is 0.342. The van der Waals surface area contributed by atoms with E-state index in [2.05, 4.69) is 64.0 Å². The Labute approximate surface area is 171 Å². The molecule has 4 nitrogen and oxygen atoms in total. The molecule has 0 aliphatic carbocycles. The highest BCUT2D eigenvalue weighted by Gasteiger charge is 2.34. The molecule has 0 spiro atoms. The van der Waals surface area contributed by atoms with Crippen LogP contribution >= 0.6 is 27.7 Å². The van der Waals surface area contributed by atoms with Crippen LogP contribution in [0.2, 0.25) is 0 Å². The molecule has 0 unspecified atom stereocenters. The molecule has 0 bridgehead atoms. The second-order valence-corrected chi connectivity index (χ2v) is 8.62. The molecule has 2 N–H and O–H groups in total. The third-order valence-electron chi connectivity index (χ3n) is 4.86. The highest BCUT2D eigenvalue weighted by atomic mass is 79.9. The van der Waals surface area contributed by atoms with E-state index in [9.17, 15) is 0 Å². The van der Waals surface area contributed by atoms with Crippen molar-refractivity contribution in [1.82, 2.24) is 10.6 Å². The molecule has 1 fully saturated rings. The lowest BCUT2D eigenvalue weighted by Crippen LogP contribution is -2.41. The highest BCUT2D eigenvalue weighted by molar-refractivity contribution is 9.10. The molecule has 0 amide bonds. The van der Waals surface area contributed by atoms with Crippen LogP contribution in [0.1, 0.15) is 38.2 Å². The fourth-order valence-corrected chi connectivity index (χ4v) is 4.01. The van der Waals surface area contributed by atoms with E-state index >= 15 is 0 Å². The van der Waals surface area contributed by atoms with Gasteiger partial charge in [0.2, 0.25) is 0 Å². The molecule has 1 aromatic rings. The summed E-state index contributed by atoms with van der Waals surface area (Å²) >= 11 is 5.45. The number of rotatable bonds is 9. The largest absolute Gasteiger partial charge is 0.381 e. The minimum absolute atomic E-state index is 0.0696. The molecule has 1 aliphatic rings. The number of unbranched alkanes of at least 4 members (excludes halogenated alkanes) is 1. The zero-order valence-corrected chi connectivity index (χ0v) is 18.4. The van der Waals surface area contributed by atoms with Gasteiger partial charge in [-0.05, 0) is 62.3 Å². The maximum absolute atomic E-state index is 5.64. The molecule has 26 heavy (non-hydrogen) atoms. The van der Waals surface area contributed by atoms with Crippen molar-refractivity contribution in [3.8, 4) is 0 Å². The number of halogens is 1. The highest BCUT2D eigenvalue weighted by Crippen LogP contribution is 2.35. The predicted octanol–water partition coefficient (Wildman–Crippen LogP) is 4.20. The fraction of sp³-hybridized carbons (Fsp3) is 0.650. The van der Waals surface area contributed by atoms with Crippen LogP contribution in [0.3, 0.4) is 0 Å². The number of ether oxygens (including phenoxy) is 1. The SMILES string of the molecule is CCNC(=NCC1(c2ccc(Br)cc2)CCOCC1)NCCCCSC. The van der Waals surface area contributed by atoms with Crippen molar-refractivity contribution in [3.05, 3.63) is 34.3 Å². The average molecular weight is 442 g/mol. The number of guanidine groups is 1. The molecule has 0 atom stereocenters. The van der Waals surface area contributed by atoms with Gasteiger partial charge < -0.3 is 15.4 Å². The molecule has 1 aromatic carbocycles. The van der Waals surface area contributed by atoms with E-state index in [-0.39, 0.29) is 5.41 Å². The summed E-state index contributed by atoms with van der Waals surface area (Å²) in [5.41, 5.74) is 1.43. The first-order valence-electron chi connectivity index (χ1n) is 9.55. The summed E-state index contributed by atoms with van der Waals surface area (Å²) in [4.78, 5) is 4.95. The van der Waals surface area contributed by atoms with Crippen molar-refractivity contribution in [2.24, 2.45) is 4.99 Å². The summed E-state index contributed by atoms with van der Waals surface area (Å²) in [6.07, 6.45) is 6.62. The van der Waals surface area contributed by atoms with Crippen molar-refractivity contribution >= 4 is 33.7 Å². The van der Waals surface area contributed by atoms with Gasteiger partial charge in [-0.3, -0.25) is 4.99 Å². The number of benzene rings is 1. The first-order valence-corrected chi connectivity index (χ1v) is 11.7. The Hall–Kier alpha value is -0.720. The van der Waals surface area contributed by atoms with Gasteiger partial charge in [0, 0.05) is 36.2 Å². The monoisotopic (exact) mass is 441 g/mol. The third kappa shape index (κ3) is 6.78. The van der Waals surface area contributed by atoms with Gasteiger partial charge >= 0.3 is 0 Å². The molecular formula is C20H32BrN3OS. The number of thioether (sulfide) groups is 1. The third-order valence-corrected chi connectivity index (χ3v) is 6.08. The lowest BCUT2D eigenvalue weighted by molar-refractivity contribution is 0.0531. The van der Waals surface area contributed by atoms with Crippen LogP contribution < -0.4 is 10.6 Å². The second-order valence-electron chi connectivity index (χ2n) is 6.72. The van der Waals surface area contributed by atoms with E-state index in [0.717, 1.165) is 56.1 Å². The average Bonchev–Trinajstić information content (AvgIpc) is 2.67. The summed E-state index contributed by atoms with van der Waals surface area (Å²) in [6, 6.07) is 8.72. The van der Waals surface area contributed by atoms with Crippen LogP contribution in [-0.4, -0.2) is 50.8 Å². The van der Waals surface area contributed by atoms with Gasteiger partial charge in [0.15, 0.2) is 5.96 Å². The molecule has 1 saturated heterocycles. The van der Waals surface area contributed by atoms with Crippen molar-refractivity contribution in [1.29, 1.82) is 0 Å². The minimum Gasteiger partial charge on any atom is -0.381 e. The number of aliphatic imine (C=N–C) groups is 1. The maximum Gasteiger partial charge on any atom is 0.191 e. The van der Waals surface area contributed by atoms with Crippen molar-refractivity contribution in [3.63, 3.8) is 0 Å². The fourth-order valence-electron chi connectivity index (χ4n) is 3.25. The summed E-state index contributed by atoms with van der Waals surface area (Å²) in [5.74, 6) is 2.15. The zero-order chi connectivity index (χ0) is 18.7. The maximum atomic E-state index is 5.64. The van der Waals surface area contributed by atoms with Gasteiger partial charge in [-0.15, -0.1) is 0 Å². The van der Waals surface area contributed by atoms with E-state index in [1.165, 1.54) is 24.2 Å². The first kappa shape index (κ1) is 21.6. The van der Waals surface area contributed by atoms with E-state index < -0.39 is 0 Å². The van der Waals surface area contributed by atoms with Crippen LogP contribution in [0.15, 0.2) is 33.7 Å². The lowest BCUT2D eigenvalue weighted by atomic mass is 9.74. The molecule has 1 heterocycles. The molecule has 6 heteroatoms.